The van der Waals surface area contributed by atoms with Gasteiger partial charge in [0.25, 0.3) is 5.95 Å². The van der Waals surface area contributed by atoms with Crippen LogP contribution in [-0.2, 0) is 10.3 Å². The van der Waals surface area contributed by atoms with Gasteiger partial charge in [0.2, 0.25) is 5.95 Å². The zero-order valence-electron chi connectivity index (χ0n) is 19.5. The molecule has 0 saturated heterocycles. The van der Waals surface area contributed by atoms with Crippen LogP contribution in [-0.4, -0.2) is 29.0 Å². The van der Waals surface area contributed by atoms with Crippen molar-refractivity contribution in [2.24, 2.45) is 10.7 Å². The molecular weight excluding hydrogens is 474 g/mol. The minimum atomic E-state index is -1.22. The molecule has 5 heterocycles. The lowest BCUT2D eigenvalue weighted by molar-refractivity contribution is 0.164. The maximum Gasteiger partial charge on any atom is 0.256 e. The standard InChI is InChI=1S/C29H20F2N4O2/c30-26-18(7-3-11-33-26)16-9-10-24-21(13-16)29(20-8-2-1-6-19(20)28(32)35-29)22-14-23(17-5-4-12-36-15-17)34-27(31)25(22)37-24/h1-3,5-11,13-14H,4,12,15H2,(H2,32,35). The van der Waals surface area contributed by atoms with Gasteiger partial charge in [0.15, 0.2) is 5.75 Å². The highest BCUT2D eigenvalue weighted by Crippen LogP contribution is 2.56. The monoisotopic (exact) mass is 494 g/mol. The minimum absolute atomic E-state index is 0.0119. The van der Waals surface area contributed by atoms with E-state index in [1.54, 1.807) is 30.3 Å². The fourth-order valence-electron chi connectivity index (χ4n) is 5.43. The van der Waals surface area contributed by atoms with E-state index in [0.717, 1.165) is 16.7 Å². The number of pyridine rings is 2. The van der Waals surface area contributed by atoms with Gasteiger partial charge in [0, 0.05) is 28.5 Å². The first-order chi connectivity index (χ1) is 18.1. The topological polar surface area (TPSA) is 82.6 Å². The number of rotatable bonds is 2. The van der Waals surface area contributed by atoms with E-state index in [9.17, 15) is 4.39 Å². The lowest BCUT2D eigenvalue weighted by Gasteiger charge is -2.36. The van der Waals surface area contributed by atoms with Crippen LogP contribution in [0.4, 0.5) is 8.78 Å². The molecule has 4 aromatic rings. The van der Waals surface area contributed by atoms with E-state index in [1.165, 1.54) is 6.20 Å². The fraction of sp³-hybridized carbons (Fsp3) is 0.138. The molecule has 0 radical (unpaired) electrons. The van der Waals surface area contributed by atoms with E-state index in [-0.39, 0.29) is 5.75 Å². The summed E-state index contributed by atoms with van der Waals surface area (Å²) in [6.45, 7) is 0.946. The molecule has 3 aliphatic heterocycles. The van der Waals surface area contributed by atoms with Crippen molar-refractivity contribution in [3.8, 4) is 22.6 Å². The van der Waals surface area contributed by atoms with E-state index < -0.39 is 17.4 Å². The van der Waals surface area contributed by atoms with Crippen molar-refractivity contribution >= 4 is 11.4 Å². The van der Waals surface area contributed by atoms with Gasteiger partial charge in [-0.15, -0.1) is 0 Å². The van der Waals surface area contributed by atoms with Crippen molar-refractivity contribution < 1.29 is 18.3 Å². The number of nitrogens with two attached hydrogens (primary N) is 1. The lowest BCUT2D eigenvalue weighted by atomic mass is 9.74. The summed E-state index contributed by atoms with van der Waals surface area (Å²) in [5.74, 6) is -0.634. The van der Waals surface area contributed by atoms with Crippen LogP contribution < -0.4 is 10.5 Å². The number of hydrogen-bond acceptors (Lipinski definition) is 6. The van der Waals surface area contributed by atoms with Gasteiger partial charge in [0.05, 0.1) is 18.9 Å². The second-order valence-corrected chi connectivity index (χ2v) is 9.15. The Kier molecular flexibility index (Phi) is 4.74. The predicted octanol–water partition coefficient (Wildman–Crippen LogP) is 5.34. The van der Waals surface area contributed by atoms with Gasteiger partial charge < -0.3 is 15.2 Å². The highest BCUT2D eigenvalue weighted by molar-refractivity contribution is 6.03. The Morgan fingerprint density at radius 3 is 2.59 bits per heavy atom. The number of hydrogen-bond donors (Lipinski definition) is 1. The molecule has 1 spiro atoms. The average molecular weight is 495 g/mol. The summed E-state index contributed by atoms with van der Waals surface area (Å²) in [5.41, 5.74) is 10.0. The molecule has 2 aromatic heterocycles. The fourth-order valence-corrected chi connectivity index (χ4v) is 5.43. The summed E-state index contributed by atoms with van der Waals surface area (Å²) < 4.78 is 42.0. The van der Waals surface area contributed by atoms with E-state index in [0.29, 0.717) is 59.2 Å². The molecule has 2 N–H and O–H groups in total. The highest BCUT2D eigenvalue weighted by Gasteiger charge is 2.50. The molecule has 2 aromatic carbocycles. The average Bonchev–Trinajstić information content (AvgIpc) is 3.23. The Morgan fingerprint density at radius 1 is 0.892 bits per heavy atom. The third-order valence-electron chi connectivity index (χ3n) is 7.09. The zero-order valence-corrected chi connectivity index (χ0v) is 19.5. The summed E-state index contributed by atoms with van der Waals surface area (Å²) in [5, 5.41) is 0. The maximum absolute atomic E-state index is 15.6. The van der Waals surface area contributed by atoms with Crippen LogP contribution in [0.2, 0.25) is 0 Å². The van der Waals surface area contributed by atoms with Crippen LogP contribution in [0.25, 0.3) is 16.7 Å². The lowest BCUT2D eigenvalue weighted by Crippen LogP contribution is -2.30. The Hall–Kier alpha value is -4.43. The number of fused-ring (bicyclic) bond motifs is 6. The van der Waals surface area contributed by atoms with E-state index in [2.05, 4.69) is 9.97 Å². The number of aromatic nitrogens is 2. The number of benzene rings is 2. The normalized spacial score (nSPS) is 19.4. The summed E-state index contributed by atoms with van der Waals surface area (Å²) in [4.78, 5) is 13.0. The van der Waals surface area contributed by atoms with Crippen LogP contribution in [0.3, 0.4) is 0 Å². The zero-order chi connectivity index (χ0) is 25.1. The van der Waals surface area contributed by atoms with Gasteiger partial charge >= 0.3 is 0 Å². The second kappa shape index (κ2) is 8.04. The van der Waals surface area contributed by atoms with Crippen LogP contribution in [0.15, 0.2) is 77.9 Å². The minimum Gasteiger partial charge on any atom is -0.452 e. The number of ether oxygens (including phenoxy) is 2. The molecule has 182 valence electrons. The van der Waals surface area contributed by atoms with Crippen molar-refractivity contribution in [2.75, 3.05) is 13.2 Å². The molecule has 0 bridgehead atoms. The van der Waals surface area contributed by atoms with Crippen LogP contribution in [0.5, 0.6) is 11.5 Å². The quantitative estimate of drug-likeness (QED) is 0.380. The van der Waals surface area contributed by atoms with Crippen molar-refractivity contribution in [1.82, 2.24) is 9.97 Å². The molecule has 1 atom stereocenters. The van der Waals surface area contributed by atoms with Gasteiger partial charge in [-0.2, -0.15) is 8.78 Å². The molecule has 7 rings (SSSR count). The molecule has 0 fully saturated rings. The van der Waals surface area contributed by atoms with Gasteiger partial charge in [-0.25, -0.2) is 15.0 Å². The number of aliphatic imine (C=N–C) groups is 1. The second-order valence-electron chi connectivity index (χ2n) is 9.15. The van der Waals surface area contributed by atoms with Gasteiger partial charge in [-0.1, -0.05) is 36.4 Å². The van der Waals surface area contributed by atoms with Crippen LogP contribution in [0.1, 0.15) is 34.4 Å². The highest BCUT2D eigenvalue weighted by atomic mass is 19.1. The van der Waals surface area contributed by atoms with Crippen LogP contribution >= 0.6 is 0 Å². The number of nitrogens with zero attached hydrogens (tertiary/aromatic N) is 3. The maximum atomic E-state index is 15.6. The molecule has 0 saturated carbocycles. The Bertz CT molecular complexity index is 1670. The van der Waals surface area contributed by atoms with Gasteiger partial charge in [-0.3, -0.25) is 0 Å². The van der Waals surface area contributed by atoms with Crippen LogP contribution in [0, 0.1) is 11.9 Å². The SMILES string of the molecule is NC1=NC2(c3cc(-c4cccnc4F)ccc3Oc3c2cc(C2=CCCOC2)nc3F)c2ccccc21. The summed E-state index contributed by atoms with van der Waals surface area (Å²) in [6, 6.07) is 18.0. The summed E-state index contributed by atoms with van der Waals surface area (Å²) in [6.07, 6.45) is 4.12. The third-order valence-corrected chi connectivity index (χ3v) is 7.09. The Balaban J connectivity index is 1.54. The number of amidine groups is 1. The van der Waals surface area contributed by atoms with E-state index in [4.69, 9.17) is 20.2 Å². The molecule has 8 heteroatoms. The van der Waals surface area contributed by atoms with Crippen molar-refractivity contribution in [3.63, 3.8) is 0 Å². The predicted molar refractivity (Wildman–Crippen MR) is 134 cm³/mol. The molecule has 0 amide bonds. The Labute approximate surface area is 211 Å². The molecule has 1 unspecified atom stereocenters. The third kappa shape index (κ3) is 3.15. The molecule has 6 nitrogen and oxygen atoms in total. The van der Waals surface area contributed by atoms with Gasteiger partial charge in [-0.05, 0) is 53.5 Å². The summed E-state index contributed by atoms with van der Waals surface area (Å²) >= 11 is 0. The van der Waals surface area contributed by atoms with Crippen molar-refractivity contribution in [2.45, 2.75) is 12.0 Å². The first-order valence-electron chi connectivity index (χ1n) is 11.9. The van der Waals surface area contributed by atoms with Crippen molar-refractivity contribution in [3.05, 3.63) is 113 Å². The van der Waals surface area contributed by atoms with Gasteiger partial charge in [0.1, 0.15) is 17.1 Å². The molecule has 3 aliphatic rings. The smallest absolute Gasteiger partial charge is 0.256 e. The van der Waals surface area contributed by atoms with E-state index >= 15 is 4.39 Å². The molecule has 0 aliphatic carbocycles. The largest absolute Gasteiger partial charge is 0.452 e. The molecular formula is C29H20F2N4O2. The first-order valence-corrected chi connectivity index (χ1v) is 11.9. The Morgan fingerprint density at radius 2 is 1.76 bits per heavy atom. The number of halogens is 2. The summed E-state index contributed by atoms with van der Waals surface area (Å²) in [7, 11) is 0. The molecule has 37 heavy (non-hydrogen) atoms. The first kappa shape index (κ1) is 21.8. The van der Waals surface area contributed by atoms with Crippen molar-refractivity contribution in [1.29, 1.82) is 0 Å². The van der Waals surface area contributed by atoms with E-state index in [1.807, 2.05) is 36.4 Å².